The van der Waals surface area contributed by atoms with Gasteiger partial charge in [-0.1, -0.05) is 96.5 Å². The molecule has 0 aliphatic carbocycles. The molecule has 0 N–H and O–H groups in total. The summed E-state index contributed by atoms with van der Waals surface area (Å²) in [6.07, 6.45) is 0.860. The molecule has 0 saturated carbocycles. The summed E-state index contributed by atoms with van der Waals surface area (Å²) in [7, 11) is 0. The van der Waals surface area contributed by atoms with E-state index in [4.69, 9.17) is 11.6 Å². The predicted molar refractivity (Wildman–Crippen MR) is 141 cm³/mol. The number of nitrogens with zero attached hydrogens (tertiary/aromatic N) is 5. The zero-order chi connectivity index (χ0) is 23.9. The fraction of sp³-hybridized carbons (Fsp3) is 0.179. The van der Waals surface area contributed by atoms with Crippen LogP contribution in [0.1, 0.15) is 33.4 Å². The Kier molecular flexibility index (Phi) is 7.63. The molecule has 2 heterocycles. The molecular formula is C28H26ClN5S. The summed E-state index contributed by atoms with van der Waals surface area (Å²) in [4.78, 5) is 3.61. The van der Waals surface area contributed by atoms with E-state index < -0.39 is 0 Å². The molecule has 176 valence electrons. The Balaban J connectivity index is 1.52. The third-order valence-corrected chi connectivity index (χ3v) is 7.29. The molecule has 5 aromatic rings. The van der Waals surface area contributed by atoms with E-state index in [2.05, 4.69) is 92.5 Å². The van der Waals surface area contributed by atoms with E-state index in [-0.39, 0.29) is 6.04 Å². The standard InChI is InChI=1S/C28H26ClN5S/c29-25-15-8-7-14-24(25)21-33(20-23-12-5-2-6-13-23)27(26-16-9-19-35-26)28-30-31-32-34(28)18-17-22-10-3-1-4-11-22/h1-16,19,27H,17-18,20-21H2. The van der Waals surface area contributed by atoms with Gasteiger partial charge in [-0.2, -0.15) is 0 Å². The highest BCUT2D eigenvalue weighted by atomic mass is 35.5. The van der Waals surface area contributed by atoms with Crippen LogP contribution < -0.4 is 0 Å². The first-order valence-electron chi connectivity index (χ1n) is 11.6. The lowest BCUT2D eigenvalue weighted by molar-refractivity contribution is 0.197. The lowest BCUT2D eigenvalue weighted by atomic mass is 10.1. The quantitative estimate of drug-likeness (QED) is 0.222. The van der Waals surface area contributed by atoms with Crippen LogP contribution in [0.3, 0.4) is 0 Å². The summed E-state index contributed by atoms with van der Waals surface area (Å²) >= 11 is 8.33. The zero-order valence-corrected chi connectivity index (χ0v) is 20.8. The van der Waals surface area contributed by atoms with Crippen LogP contribution in [-0.2, 0) is 26.1 Å². The molecule has 2 aromatic heterocycles. The molecule has 0 aliphatic heterocycles. The van der Waals surface area contributed by atoms with Crippen LogP contribution in [0, 0.1) is 0 Å². The maximum absolute atomic E-state index is 6.61. The molecule has 0 saturated heterocycles. The summed E-state index contributed by atoms with van der Waals surface area (Å²) in [5.74, 6) is 0.839. The fourth-order valence-electron chi connectivity index (χ4n) is 4.27. The number of hydrogen-bond acceptors (Lipinski definition) is 5. The number of rotatable bonds is 10. The van der Waals surface area contributed by atoms with E-state index in [1.807, 2.05) is 35.0 Å². The first-order chi connectivity index (χ1) is 17.3. The SMILES string of the molecule is Clc1ccccc1CN(Cc1ccccc1)C(c1cccs1)c1nnnn1CCc1ccccc1. The normalized spacial score (nSPS) is 12.2. The Morgan fingerprint density at radius 1 is 0.800 bits per heavy atom. The maximum Gasteiger partial charge on any atom is 0.173 e. The van der Waals surface area contributed by atoms with Crippen molar-refractivity contribution in [3.8, 4) is 0 Å². The van der Waals surface area contributed by atoms with Crippen molar-refractivity contribution >= 4 is 22.9 Å². The maximum atomic E-state index is 6.61. The smallest absolute Gasteiger partial charge is 0.173 e. The molecule has 0 fully saturated rings. The number of tetrazole rings is 1. The van der Waals surface area contributed by atoms with Gasteiger partial charge in [-0.25, -0.2) is 4.68 Å². The largest absolute Gasteiger partial charge is 0.280 e. The Morgan fingerprint density at radius 2 is 1.51 bits per heavy atom. The second-order valence-electron chi connectivity index (χ2n) is 8.40. The Bertz CT molecular complexity index is 1320. The highest BCUT2D eigenvalue weighted by Crippen LogP contribution is 2.34. The molecule has 3 aromatic carbocycles. The van der Waals surface area contributed by atoms with Gasteiger partial charge in [-0.05, 0) is 51.1 Å². The number of hydrogen-bond donors (Lipinski definition) is 0. The molecule has 5 nitrogen and oxygen atoms in total. The van der Waals surface area contributed by atoms with Crippen LogP contribution in [0.15, 0.2) is 102 Å². The van der Waals surface area contributed by atoms with Crippen molar-refractivity contribution in [2.75, 3.05) is 0 Å². The average Bonchev–Trinajstić information content (AvgIpc) is 3.59. The molecular weight excluding hydrogens is 474 g/mol. The van der Waals surface area contributed by atoms with Gasteiger partial charge in [0.15, 0.2) is 5.82 Å². The number of aryl methyl sites for hydroxylation is 2. The van der Waals surface area contributed by atoms with Gasteiger partial charge in [0.1, 0.15) is 6.04 Å². The van der Waals surface area contributed by atoms with Crippen LogP contribution in [0.2, 0.25) is 5.02 Å². The highest BCUT2D eigenvalue weighted by Gasteiger charge is 2.29. The highest BCUT2D eigenvalue weighted by molar-refractivity contribution is 7.10. The van der Waals surface area contributed by atoms with Crippen LogP contribution >= 0.6 is 22.9 Å². The molecule has 0 bridgehead atoms. The molecule has 5 rings (SSSR count). The van der Waals surface area contributed by atoms with E-state index in [0.717, 1.165) is 29.4 Å². The van der Waals surface area contributed by atoms with Gasteiger partial charge in [-0.3, -0.25) is 4.90 Å². The fourth-order valence-corrected chi connectivity index (χ4v) is 5.32. The minimum Gasteiger partial charge on any atom is -0.280 e. The monoisotopic (exact) mass is 499 g/mol. The van der Waals surface area contributed by atoms with E-state index in [0.29, 0.717) is 13.1 Å². The van der Waals surface area contributed by atoms with Crippen LogP contribution in [0.4, 0.5) is 0 Å². The molecule has 1 unspecified atom stereocenters. The number of aromatic nitrogens is 4. The van der Waals surface area contributed by atoms with Crippen molar-refractivity contribution in [1.82, 2.24) is 25.1 Å². The van der Waals surface area contributed by atoms with Crippen molar-refractivity contribution in [2.45, 2.75) is 32.1 Å². The van der Waals surface area contributed by atoms with Gasteiger partial charge in [-0.15, -0.1) is 16.4 Å². The molecule has 35 heavy (non-hydrogen) atoms. The van der Waals surface area contributed by atoms with Gasteiger partial charge in [0, 0.05) is 29.5 Å². The molecule has 1 atom stereocenters. The molecule has 0 amide bonds. The van der Waals surface area contributed by atoms with Crippen molar-refractivity contribution in [3.63, 3.8) is 0 Å². The topological polar surface area (TPSA) is 46.8 Å². The third-order valence-electron chi connectivity index (χ3n) is 6.00. The second-order valence-corrected chi connectivity index (χ2v) is 9.78. The van der Waals surface area contributed by atoms with Crippen molar-refractivity contribution in [1.29, 1.82) is 0 Å². The minimum atomic E-state index is -0.114. The summed E-state index contributed by atoms with van der Waals surface area (Å²) in [5, 5.41) is 15.9. The summed E-state index contributed by atoms with van der Waals surface area (Å²) < 4.78 is 1.95. The summed E-state index contributed by atoms with van der Waals surface area (Å²) in [5.41, 5.74) is 3.57. The molecule has 7 heteroatoms. The second kappa shape index (κ2) is 11.4. The van der Waals surface area contributed by atoms with Gasteiger partial charge in [0.2, 0.25) is 0 Å². The van der Waals surface area contributed by atoms with Gasteiger partial charge < -0.3 is 0 Å². The van der Waals surface area contributed by atoms with Gasteiger partial charge in [0.25, 0.3) is 0 Å². The van der Waals surface area contributed by atoms with E-state index in [1.54, 1.807) is 11.3 Å². The van der Waals surface area contributed by atoms with Gasteiger partial charge in [0.05, 0.1) is 0 Å². The Morgan fingerprint density at radius 3 is 2.23 bits per heavy atom. The average molecular weight is 500 g/mol. The zero-order valence-electron chi connectivity index (χ0n) is 19.2. The molecule has 0 spiro atoms. The van der Waals surface area contributed by atoms with E-state index >= 15 is 0 Å². The van der Waals surface area contributed by atoms with E-state index in [9.17, 15) is 0 Å². The predicted octanol–water partition coefficient (Wildman–Crippen LogP) is 6.42. The van der Waals surface area contributed by atoms with Crippen LogP contribution in [-0.4, -0.2) is 25.1 Å². The number of benzene rings is 3. The Labute approximate surface area is 214 Å². The lowest BCUT2D eigenvalue weighted by Crippen LogP contribution is -2.31. The van der Waals surface area contributed by atoms with Crippen molar-refractivity contribution < 1.29 is 0 Å². The first kappa shape index (κ1) is 23.4. The lowest BCUT2D eigenvalue weighted by Gasteiger charge is -2.31. The number of thiophene rings is 1. The third kappa shape index (κ3) is 5.85. The summed E-state index contributed by atoms with van der Waals surface area (Å²) in [6, 6.07) is 33.1. The Hall–Kier alpha value is -3.32. The molecule has 0 radical (unpaired) electrons. The summed E-state index contributed by atoms with van der Waals surface area (Å²) in [6.45, 7) is 2.11. The first-order valence-corrected chi connectivity index (χ1v) is 12.9. The van der Waals surface area contributed by atoms with Crippen LogP contribution in [0.25, 0.3) is 0 Å². The van der Waals surface area contributed by atoms with Crippen molar-refractivity contribution in [3.05, 3.63) is 135 Å². The van der Waals surface area contributed by atoms with Crippen molar-refractivity contribution in [2.24, 2.45) is 0 Å². The van der Waals surface area contributed by atoms with E-state index in [1.165, 1.54) is 16.0 Å². The van der Waals surface area contributed by atoms with Crippen LogP contribution in [0.5, 0.6) is 0 Å². The minimum absolute atomic E-state index is 0.114. The molecule has 0 aliphatic rings. The van der Waals surface area contributed by atoms with Gasteiger partial charge >= 0.3 is 0 Å². The number of halogens is 1.